The Morgan fingerprint density at radius 2 is 2.11 bits per heavy atom. The molecule has 0 aliphatic carbocycles. The van der Waals surface area contributed by atoms with Gasteiger partial charge in [0.15, 0.2) is 0 Å². The van der Waals surface area contributed by atoms with E-state index in [1.807, 2.05) is 0 Å². The lowest BCUT2D eigenvalue weighted by atomic mass is 10.3. The van der Waals surface area contributed by atoms with E-state index in [0.29, 0.717) is 0 Å². The van der Waals surface area contributed by atoms with Gasteiger partial charge in [0.1, 0.15) is 0 Å². The molecule has 0 aliphatic heterocycles. The van der Waals surface area contributed by atoms with Crippen LogP contribution in [0.4, 0.5) is 0 Å². The molecule has 0 rings (SSSR count). The van der Waals surface area contributed by atoms with Gasteiger partial charge in [-0.1, -0.05) is 0 Å². The van der Waals surface area contributed by atoms with E-state index in [4.69, 9.17) is 10.8 Å². The Morgan fingerprint density at radius 3 is 2.11 bits per heavy atom. The highest BCUT2D eigenvalue weighted by atomic mass is 35.5. The lowest BCUT2D eigenvalue weighted by molar-refractivity contribution is -0.159. The van der Waals surface area contributed by atoms with Gasteiger partial charge in [-0.3, -0.25) is 5.73 Å². The van der Waals surface area contributed by atoms with Gasteiger partial charge < -0.3 is 9.84 Å². The first-order chi connectivity index (χ1) is 3.48. The van der Waals surface area contributed by atoms with Crippen LogP contribution in [0.2, 0.25) is 0 Å². The van der Waals surface area contributed by atoms with Crippen LogP contribution < -0.4 is 5.73 Å². The van der Waals surface area contributed by atoms with Crippen LogP contribution in [0.25, 0.3) is 0 Å². The minimum Gasteiger partial charge on any atom is -0.466 e. The van der Waals surface area contributed by atoms with Crippen LogP contribution >= 0.6 is 12.4 Å². The van der Waals surface area contributed by atoms with Crippen LogP contribution in [0.1, 0.15) is 6.92 Å². The van der Waals surface area contributed by atoms with Crippen molar-refractivity contribution >= 4 is 18.4 Å². The Balaban J connectivity index is 0. The van der Waals surface area contributed by atoms with Crippen molar-refractivity contribution in [1.29, 1.82) is 0 Å². The molecule has 0 amide bonds. The molecule has 0 aliphatic rings. The second-order valence-corrected chi connectivity index (χ2v) is 1.64. The summed E-state index contributed by atoms with van der Waals surface area (Å²) in [4.78, 5) is 10.2. The van der Waals surface area contributed by atoms with E-state index in [0.717, 1.165) is 14.0 Å². The zero-order valence-electron chi connectivity index (χ0n) is 5.25. The fourth-order valence-corrected chi connectivity index (χ4v) is 0.207. The molecular weight excluding hydrogens is 146 g/mol. The number of halogens is 1. The number of rotatable bonds is 1. The Labute approximate surface area is 59.4 Å². The topological polar surface area (TPSA) is 72.5 Å². The summed E-state index contributed by atoms with van der Waals surface area (Å²) in [5.41, 5.74) is 3.02. The minimum absolute atomic E-state index is 0. The smallest absolute Gasteiger partial charge is 0.352 e. The Bertz CT molecular complexity index is 98.5. The number of nitrogens with two attached hydrogens (primary N) is 1. The van der Waals surface area contributed by atoms with E-state index in [1.54, 1.807) is 0 Å². The molecule has 0 saturated carbocycles. The first-order valence-electron chi connectivity index (χ1n) is 2.08. The number of carbonyl (C=O) groups excluding carboxylic acids is 1. The normalized spacial score (nSPS) is 15.1. The van der Waals surface area contributed by atoms with Crippen molar-refractivity contribution in [2.45, 2.75) is 12.6 Å². The van der Waals surface area contributed by atoms with Gasteiger partial charge in [0.2, 0.25) is 5.72 Å². The highest BCUT2D eigenvalue weighted by Crippen LogP contribution is 1.92. The zero-order valence-corrected chi connectivity index (χ0v) is 6.07. The summed E-state index contributed by atoms with van der Waals surface area (Å²) in [5.74, 6) is -0.836. The van der Waals surface area contributed by atoms with E-state index in [2.05, 4.69) is 4.74 Å². The maximum atomic E-state index is 10.2. The Kier molecular flexibility index (Phi) is 4.66. The molecule has 0 radical (unpaired) electrons. The SMILES string of the molecule is COC(=O)[C@@](C)(N)O.Cl. The summed E-state index contributed by atoms with van der Waals surface area (Å²) in [6, 6.07) is 0. The predicted molar refractivity (Wildman–Crippen MR) is 34.1 cm³/mol. The van der Waals surface area contributed by atoms with Gasteiger partial charge in [-0.15, -0.1) is 12.4 Å². The average molecular weight is 156 g/mol. The lowest BCUT2D eigenvalue weighted by Crippen LogP contribution is -2.45. The standard InChI is InChI=1S/C4H9NO3.ClH/c1-4(5,7)3(6)8-2;/h7H,5H2,1-2H3;1H/t4-;/m0./s1. The molecule has 0 aromatic heterocycles. The molecule has 0 saturated heterocycles. The molecule has 56 valence electrons. The van der Waals surface area contributed by atoms with Crippen molar-refractivity contribution in [3.8, 4) is 0 Å². The Morgan fingerprint density at radius 1 is 1.78 bits per heavy atom. The van der Waals surface area contributed by atoms with Gasteiger partial charge in [0, 0.05) is 0 Å². The molecular formula is C4H10ClNO3. The molecule has 0 fully saturated rings. The molecule has 3 N–H and O–H groups in total. The van der Waals surface area contributed by atoms with Gasteiger partial charge in [-0.25, -0.2) is 4.79 Å². The van der Waals surface area contributed by atoms with Crippen molar-refractivity contribution in [1.82, 2.24) is 0 Å². The van der Waals surface area contributed by atoms with Crippen molar-refractivity contribution in [3.63, 3.8) is 0 Å². The van der Waals surface area contributed by atoms with Crippen molar-refractivity contribution in [2.24, 2.45) is 5.73 Å². The quantitative estimate of drug-likeness (QED) is 0.386. The van der Waals surface area contributed by atoms with Gasteiger partial charge in [-0.05, 0) is 6.92 Å². The maximum Gasteiger partial charge on any atom is 0.352 e. The van der Waals surface area contributed by atoms with Crippen LogP contribution in [0.15, 0.2) is 0 Å². The van der Waals surface area contributed by atoms with Gasteiger partial charge >= 0.3 is 5.97 Å². The highest BCUT2D eigenvalue weighted by molar-refractivity contribution is 5.85. The van der Waals surface area contributed by atoms with Crippen molar-refractivity contribution in [3.05, 3.63) is 0 Å². The third-order valence-corrected chi connectivity index (χ3v) is 0.599. The third kappa shape index (κ3) is 4.20. The monoisotopic (exact) mass is 155 g/mol. The molecule has 0 bridgehead atoms. The van der Waals surface area contributed by atoms with Gasteiger partial charge in [-0.2, -0.15) is 0 Å². The summed E-state index contributed by atoms with van der Waals surface area (Å²) in [6.07, 6.45) is 0. The summed E-state index contributed by atoms with van der Waals surface area (Å²) >= 11 is 0. The van der Waals surface area contributed by atoms with E-state index in [9.17, 15) is 4.79 Å². The number of ether oxygens (including phenoxy) is 1. The van der Waals surface area contributed by atoms with Crippen LogP contribution in [0, 0.1) is 0 Å². The summed E-state index contributed by atoms with van der Waals surface area (Å²) < 4.78 is 4.10. The van der Waals surface area contributed by atoms with E-state index in [1.165, 1.54) is 0 Å². The predicted octanol–water partition coefficient (Wildman–Crippen LogP) is -0.752. The number of hydrogen-bond donors (Lipinski definition) is 2. The van der Waals surface area contributed by atoms with Crippen molar-refractivity contribution < 1.29 is 14.6 Å². The number of methoxy groups -OCH3 is 1. The number of hydrogen-bond acceptors (Lipinski definition) is 4. The lowest BCUT2D eigenvalue weighted by Gasteiger charge is -2.12. The minimum atomic E-state index is -1.85. The summed E-state index contributed by atoms with van der Waals surface area (Å²) in [7, 11) is 1.16. The van der Waals surface area contributed by atoms with Gasteiger partial charge in [0.05, 0.1) is 7.11 Å². The second kappa shape index (κ2) is 3.66. The first-order valence-corrected chi connectivity index (χ1v) is 2.08. The molecule has 5 heteroatoms. The molecule has 0 unspecified atom stereocenters. The van der Waals surface area contributed by atoms with Gasteiger partial charge in [0.25, 0.3) is 0 Å². The van der Waals surface area contributed by atoms with E-state index in [-0.39, 0.29) is 12.4 Å². The first kappa shape index (κ1) is 11.5. The fourth-order valence-electron chi connectivity index (χ4n) is 0.207. The van der Waals surface area contributed by atoms with Crippen LogP contribution in [-0.4, -0.2) is 23.9 Å². The molecule has 0 aromatic carbocycles. The van der Waals surface area contributed by atoms with E-state index >= 15 is 0 Å². The summed E-state index contributed by atoms with van der Waals surface area (Å²) in [6.45, 7) is 1.15. The maximum absolute atomic E-state index is 10.2. The molecule has 1 atom stereocenters. The molecule has 0 heterocycles. The van der Waals surface area contributed by atoms with E-state index < -0.39 is 11.7 Å². The van der Waals surface area contributed by atoms with Crippen LogP contribution in [0.3, 0.4) is 0 Å². The second-order valence-electron chi connectivity index (χ2n) is 1.64. The van der Waals surface area contributed by atoms with Crippen LogP contribution in [0.5, 0.6) is 0 Å². The number of carbonyl (C=O) groups is 1. The Hall–Kier alpha value is -0.320. The summed E-state index contributed by atoms with van der Waals surface area (Å²) in [5, 5.41) is 8.59. The van der Waals surface area contributed by atoms with Crippen molar-refractivity contribution in [2.75, 3.05) is 7.11 Å². The largest absolute Gasteiger partial charge is 0.466 e. The number of esters is 1. The molecule has 0 spiro atoms. The third-order valence-electron chi connectivity index (χ3n) is 0.599. The number of aliphatic hydroxyl groups is 1. The molecule has 9 heavy (non-hydrogen) atoms. The average Bonchev–Trinajstić information content (AvgIpc) is 1.62. The molecule has 0 aromatic rings. The highest BCUT2D eigenvalue weighted by Gasteiger charge is 2.24. The zero-order chi connectivity index (χ0) is 6.78. The fraction of sp³-hybridized carbons (Fsp3) is 0.750. The molecule has 4 nitrogen and oxygen atoms in total. The van der Waals surface area contributed by atoms with Crippen LogP contribution in [-0.2, 0) is 9.53 Å².